The van der Waals surface area contributed by atoms with E-state index in [1.54, 1.807) is 24.3 Å². The number of ether oxygens (including phenoxy) is 2. The van der Waals surface area contributed by atoms with Crippen LogP contribution in [0, 0.1) is 0 Å². The van der Waals surface area contributed by atoms with E-state index in [9.17, 15) is 0 Å². The Morgan fingerprint density at radius 1 is 1.00 bits per heavy atom. The number of benzene rings is 2. The maximum Gasteiger partial charge on any atom is 0.170 e. The lowest BCUT2D eigenvalue weighted by molar-refractivity contribution is 0.318. The lowest BCUT2D eigenvalue weighted by atomic mass is 10.2. The Morgan fingerprint density at radius 2 is 1.50 bits per heavy atom. The second-order valence-electron chi connectivity index (χ2n) is 4.02. The topological polar surface area (TPSA) is 77.1 Å². The highest BCUT2D eigenvalue weighted by molar-refractivity contribution is 5.97. The quantitative estimate of drug-likeness (QED) is 0.379. The molecule has 3 N–H and O–H groups in total. The fourth-order valence-corrected chi connectivity index (χ4v) is 1.66. The molecule has 2 aromatic rings. The predicted octanol–water partition coefficient (Wildman–Crippen LogP) is 2.97. The number of rotatable bonds is 5. The number of amidine groups is 1. The van der Waals surface area contributed by atoms with Gasteiger partial charge in [-0.05, 0) is 55.5 Å². The fourth-order valence-electron chi connectivity index (χ4n) is 1.66. The number of hydrogen-bond acceptors (Lipinski definition) is 4. The maximum atomic E-state index is 8.58. The van der Waals surface area contributed by atoms with E-state index in [1.165, 1.54) is 0 Å². The number of nitrogens with two attached hydrogens (primary N) is 1. The van der Waals surface area contributed by atoms with E-state index >= 15 is 0 Å². The minimum Gasteiger partial charge on any atom is -0.494 e. The van der Waals surface area contributed by atoms with Crippen LogP contribution in [0.2, 0.25) is 0 Å². The highest BCUT2D eigenvalue weighted by atomic mass is 16.5. The SMILES string of the molecule is CCOc1ccc(Oc2ccc(/C(N)=N/O)cc2)cc1. The predicted molar refractivity (Wildman–Crippen MR) is 76.6 cm³/mol. The number of nitrogens with zero attached hydrogens (tertiary/aromatic N) is 1. The van der Waals surface area contributed by atoms with E-state index < -0.39 is 0 Å². The first kappa shape index (κ1) is 13.7. The Balaban J connectivity index is 2.06. The van der Waals surface area contributed by atoms with Crippen LogP contribution in [0.25, 0.3) is 0 Å². The summed E-state index contributed by atoms with van der Waals surface area (Å²) < 4.78 is 11.0. The lowest BCUT2D eigenvalue weighted by Gasteiger charge is -2.08. The zero-order valence-electron chi connectivity index (χ0n) is 11.1. The molecule has 0 aliphatic carbocycles. The molecule has 5 nitrogen and oxygen atoms in total. The number of oxime groups is 1. The van der Waals surface area contributed by atoms with Crippen molar-refractivity contribution in [1.82, 2.24) is 0 Å². The van der Waals surface area contributed by atoms with Crippen LogP contribution in [-0.4, -0.2) is 17.6 Å². The highest BCUT2D eigenvalue weighted by Crippen LogP contribution is 2.24. The molecule has 0 saturated carbocycles. The zero-order valence-corrected chi connectivity index (χ0v) is 11.1. The average molecular weight is 272 g/mol. The first-order valence-corrected chi connectivity index (χ1v) is 6.21. The summed E-state index contributed by atoms with van der Waals surface area (Å²) in [6, 6.07) is 14.3. The molecule has 0 amide bonds. The standard InChI is InChI=1S/C15H16N2O3/c1-2-19-12-7-9-14(10-8-12)20-13-5-3-11(4-6-13)15(16)17-18/h3-10,18H,2H2,1H3,(H2,16,17). The van der Waals surface area contributed by atoms with Crippen LogP contribution in [0.3, 0.4) is 0 Å². The molecule has 2 aromatic carbocycles. The van der Waals surface area contributed by atoms with E-state index in [0.29, 0.717) is 23.7 Å². The molecule has 2 rings (SSSR count). The van der Waals surface area contributed by atoms with Gasteiger partial charge in [-0.1, -0.05) is 5.16 Å². The summed E-state index contributed by atoms with van der Waals surface area (Å²) in [5, 5.41) is 11.5. The molecule has 5 heteroatoms. The van der Waals surface area contributed by atoms with Crippen LogP contribution in [0.5, 0.6) is 17.2 Å². The van der Waals surface area contributed by atoms with Crippen molar-refractivity contribution in [1.29, 1.82) is 0 Å². The molecular formula is C15H16N2O3. The van der Waals surface area contributed by atoms with Crippen LogP contribution >= 0.6 is 0 Å². The minimum atomic E-state index is 0.0672. The van der Waals surface area contributed by atoms with Crippen molar-refractivity contribution >= 4 is 5.84 Å². The van der Waals surface area contributed by atoms with Crippen molar-refractivity contribution < 1.29 is 14.7 Å². The maximum absolute atomic E-state index is 8.58. The summed E-state index contributed by atoms with van der Waals surface area (Å²) in [6.45, 7) is 2.57. The summed E-state index contributed by atoms with van der Waals surface area (Å²) in [6.07, 6.45) is 0. The van der Waals surface area contributed by atoms with E-state index in [4.69, 9.17) is 20.4 Å². The van der Waals surface area contributed by atoms with E-state index in [2.05, 4.69) is 5.16 Å². The largest absolute Gasteiger partial charge is 0.494 e. The molecule has 104 valence electrons. The van der Waals surface area contributed by atoms with Crippen molar-refractivity contribution in [3.63, 3.8) is 0 Å². The molecule has 0 radical (unpaired) electrons. The van der Waals surface area contributed by atoms with Crippen molar-refractivity contribution in [3.8, 4) is 17.2 Å². The van der Waals surface area contributed by atoms with Gasteiger partial charge in [0.1, 0.15) is 17.2 Å². The van der Waals surface area contributed by atoms with Gasteiger partial charge in [0.2, 0.25) is 0 Å². The summed E-state index contributed by atoms with van der Waals surface area (Å²) in [5.41, 5.74) is 6.12. The van der Waals surface area contributed by atoms with Gasteiger partial charge in [-0.3, -0.25) is 0 Å². The van der Waals surface area contributed by atoms with E-state index in [-0.39, 0.29) is 5.84 Å². The first-order valence-electron chi connectivity index (χ1n) is 6.21. The highest BCUT2D eigenvalue weighted by Gasteiger charge is 2.01. The van der Waals surface area contributed by atoms with Gasteiger partial charge in [0.25, 0.3) is 0 Å². The van der Waals surface area contributed by atoms with Gasteiger partial charge >= 0.3 is 0 Å². The Hall–Kier alpha value is -2.69. The Labute approximate surface area is 117 Å². The van der Waals surface area contributed by atoms with Crippen LogP contribution in [0.1, 0.15) is 12.5 Å². The van der Waals surface area contributed by atoms with Crippen molar-refractivity contribution in [2.45, 2.75) is 6.92 Å². The number of hydrogen-bond donors (Lipinski definition) is 2. The smallest absolute Gasteiger partial charge is 0.170 e. The van der Waals surface area contributed by atoms with Gasteiger partial charge < -0.3 is 20.4 Å². The molecule has 0 atom stereocenters. The normalized spacial score (nSPS) is 11.2. The van der Waals surface area contributed by atoms with Crippen LogP contribution in [0.4, 0.5) is 0 Å². The molecule has 0 spiro atoms. The third-order valence-corrected chi connectivity index (χ3v) is 2.63. The summed E-state index contributed by atoms with van der Waals surface area (Å²) >= 11 is 0. The van der Waals surface area contributed by atoms with E-state index in [1.807, 2.05) is 31.2 Å². The van der Waals surface area contributed by atoms with Crippen LogP contribution in [-0.2, 0) is 0 Å². The third-order valence-electron chi connectivity index (χ3n) is 2.63. The monoisotopic (exact) mass is 272 g/mol. The molecule has 0 saturated heterocycles. The Bertz CT molecular complexity index is 577. The molecule has 0 fully saturated rings. The van der Waals surface area contributed by atoms with Crippen molar-refractivity contribution in [2.75, 3.05) is 6.61 Å². The van der Waals surface area contributed by atoms with Gasteiger partial charge in [0, 0.05) is 5.56 Å². The molecule has 0 aliphatic rings. The van der Waals surface area contributed by atoms with Gasteiger partial charge in [0.05, 0.1) is 6.61 Å². The van der Waals surface area contributed by atoms with Crippen molar-refractivity contribution in [3.05, 3.63) is 54.1 Å². The van der Waals surface area contributed by atoms with Gasteiger partial charge in [0.15, 0.2) is 5.84 Å². The molecule has 0 heterocycles. The molecule has 0 bridgehead atoms. The fraction of sp³-hybridized carbons (Fsp3) is 0.133. The molecular weight excluding hydrogens is 256 g/mol. The van der Waals surface area contributed by atoms with Gasteiger partial charge in [-0.15, -0.1) is 0 Å². The minimum absolute atomic E-state index is 0.0672. The van der Waals surface area contributed by atoms with Gasteiger partial charge in [-0.2, -0.15) is 0 Å². The molecule has 0 aliphatic heterocycles. The summed E-state index contributed by atoms with van der Waals surface area (Å²) in [4.78, 5) is 0. The summed E-state index contributed by atoms with van der Waals surface area (Å²) in [5.74, 6) is 2.26. The van der Waals surface area contributed by atoms with Gasteiger partial charge in [-0.25, -0.2) is 0 Å². The Morgan fingerprint density at radius 3 is 2.00 bits per heavy atom. The molecule has 20 heavy (non-hydrogen) atoms. The second kappa shape index (κ2) is 6.47. The second-order valence-corrected chi connectivity index (χ2v) is 4.02. The summed E-state index contributed by atoms with van der Waals surface area (Å²) in [7, 11) is 0. The lowest BCUT2D eigenvalue weighted by Crippen LogP contribution is -2.12. The van der Waals surface area contributed by atoms with Crippen LogP contribution in [0.15, 0.2) is 53.7 Å². The molecule has 0 aromatic heterocycles. The molecule has 0 unspecified atom stereocenters. The third kappa shape index (κ3) is 3.41. The Kier molecular flexibility index (Phi) is 4.44. The average Bonchev–Trinajstić information content (AvgIpc) is 2.49. The first-order chi connectivity index (χ1) is 9.72. The van der Waals surface area contributed by atoms with Crippen molar-refractivity contribution in [2.24, 2.45) is 10.9 Å². The van der Waals surface area contributed by atoms with Crippen LogP contribution < -0.4 is 15.2 Å². The van der Waals surface area contributed by atoms with E-state index in [0.717, 1.165) is 5.75 Å². The zero-order chi connectivity index (χ0) is 14.4.